The van der Waals surface area contributed by atoms with Gasteiger partial charge in [-0.2, -0.15) is 4.99 Å². The Morgan fingerprint density at radius 3 is 2.44 bits per heavy atom. The number of carboxylic acids is 1. The molecule has 3 rings (SSSR count). The third-order valence-electron chi connectivity index (χ3n) is 4.34. The van der Waals surface area contributed by atoms with Crippen LogP contribution in [-0.2, 0) is 11.3 Å². The van der Waals surface area contributed by atoms with E-state index in [4.69, 9.17) is 10.5 Å². The van der Waals surface area contributed by atoms with Crippen LogP contribution in [0.15, 0.2) is 47.5 Å². The normalized spacial score (nSPS) is 18.4. The van der Waals surface area contributed by atoms with Crippen molar-refractivity contribution >= 4 is 29.1 Å². The van der Waals surface area contributed by atoms with Gasteiger partial charge in [0.15, 0.2) is 5.69 Å². The zero-order valence-corrected chi connectivity index (χ0v) is 13.9. The minimum atomic E-state index is -1.10. The Bertz CT molecular complexity index is 890. The van der Waals surface area contributed by atoms with Crippen molar-refractivity contribution in [1.82, 2.24) is 4.48 Å². The summed E-state index contributed by atoms with van der Waals surface area (Å²) in [7, 11) is 3.39. The number of methoxy groups -OCH3 is 1. The molecule has 1 heterocycles. The summed E-state index contributed by atoms with van der Waals surface area (Å²) >= 11 is 0. The van der Waals surface area contributed by atoms with Crippen molar-refractivity contribution in [3.8, 4) is 5.75 Å². The lowest BCUT2D eigenvalue weighted by molar-refractivity contribution is -0.112. The predicted molar refractivity (Wildman–Crippen MR) is 94.1 cm³/mol. The van der Waals surface area contributed by atoms with Gasteiger partial charge in [-0.15, -0.1) is 0 Å². The molecule has 0 aliphatic carbocycles. The number of para-hydroxylation sites is 1. The first kappa shape index (κ1) is 16.7. The van der Waals surface area contributed by atoms with E-state index in [-0.39, 0.29) is 21.6 Å². The number of carboxylic acid groups (broad SMARTS) is 1. The van der Waals surface area contributed by atoms with Gasteiger partial charge < -0.3 is 15.6 Å². The number of carbonyl (C=O) groups is 2. The number of benzene rings is 2. The predicted octanol–water partition coefficient (Wildman–Crippen LogP) is 2.06. The first-order valence-corrected chi connectivity index (χ1v) is 7.61. The minimum absolute atomic E-state index is 0.0120. The van der Waals surface area contributed by atoms with E-state index in [1.807, 2.05) is 24.3 Å². The Kier molecular flexibility index (Phi) is 4.02. The molecular formula is C18H18N3O4+. The van der Waals surface area contributed by atoms with E-state index in [1.54, 1.807) is 26.3 Å². The lowest BCUT2D eigenvalue weighted by atomic mass is 10.1. The van der Waals surface area contributed by atoms with Gasteiger partial charge in [-0.1, -0.05) is 6.07 Å². The highest BCUT2D eigenvalue weighted by Gasteiger charge is 2.44. The third-order valence-corrected chi connectivity index (χ3v) is 4.34. The second-order valence-electron chi connectivity index (χ2n) is 5.98. The van der Waals surface area contributed by atoms with Crippen LogP contribution in [0.25, 0.3) is 0 Å². The number of primary amides is 1. The monoisotopic (exact) mass is 340 g/mol. The van der Waals surface area contributed by atoms with Crippen molar-refractivity contribution in [2.75, 3.05) is 14.2 Å². The minimum Gasteiger partial charge on any atom is -0.497 e. The molecule has 1 aliphatic heterocycles. The first-order chi connectivity index (χ1) is 11.9. The van der Waals surface area contributed by atoms with Gasteiger partial charge in [-0.05, 0) is 30.3 Å². The van der Waals surface area contributed by atoms with E-state index < -0.39 is 11.9 Å². The smallest absolute Gasteiger partial charge is 0.338 e. The largest absolute Gasteiger partial charge is 0.497 e. The summed E-state index contributed by atoms with van der Waals surface area (Å²) in [6.07, 6.45) is 0. The molecule has 1 aliphatic rings. The molecule has 0 spiro atoms. The Labute approximate surface area is 144 Å². The summed E-state index contributed by atoms with van der Waals surface area (Å²) in [5, 5.41) is 9.39. The second-order valence-corrected chi connectivity index (χ2v) is 5.98. The van der Waals surface area contributed by atoms with E-state index in [2.05, 4.69) is 4.99 Å². The molecule has 25 heavy (non-hydrogen) atoms. The average molecular weight is 340 g/mol. The summed E-state index contributed by atoms with van der Waals surface area (Å²) in [6.45, 7) is 0.405. The summed E-state index contributed by atoms with van der Waals surface area (Å²) < 4.78 is 5.17. The zero-order chi connectivity index (χ0) is 18.2. The van der Waals surface area contributed by atoms with Crippen LogP contribution < -0.4 is 15.0 Å². The van der Waals surface area contributed by atoms with Gasteiger partial charge in [0.2, 0.25) is 0 Å². The molecule has 3 N–H and O–H groups in total. The topological polar surface area (TPSA) is 102 Å². The Balaban J connectivity index is 2.10. The van der Waals surface area contributed by atoms with Crippen molar-refractivity contribution in [3.63, 3.8) is 0 Å². The lowest BCUT2D eigenvalue weighted by Gasteiger charge is -2.29. The fourth-order valence-electron chi connectivity index (χ4n) is 3.10. The highest BCUT2D eigenvalue weighted by atomic mass is 16.5. The molecule has 0 saturated carbocycles. The molecule has 1 amide bonds. The number of aromatic carboxylic acids is 1. The second kappa shape index (κ2) is 6.03. The number of ether oxygens (including phenoxy) is 1. The molecule has 0 aromatic heterocycles. The molecule has 1 unspecified atom stereocenters. The SMILES string of the molecule is COc1ccc(C[N+]2(C)C(C(N)=O)=Nc3c(C(=O)O)cccc32)cc1. The van der Waals surface area contributed by atoms with Crippen LogP contribution in [0.1, 0.15) is 15.9 Å². The summed E-state index contributed by atoms with van der Waals surface area (Å²) in [4.78, 5) is 27.7. The molecule has 128 valence electrons. The van der Waals surface area contributed by atoms with E-state index >= 15 is 0 Å². The maximum Gasteiger partial charge on any atom is 0.338 e. The number of amides is 1. The number of hydrogen-bond acceptors (Lipinski definition) is 4. The molecule has 1 atom stereocenters. The van der Waals surface area contributed by atoms with Crippen LogP contribution in [-0.4, -0.2) is 37.0 Å². The van der Waals surface area contributed by atoms with Crippen LogP contribution in [0.2, 0.25) is 0 Å². The molecule has 2 aromatic rings. The Morgan fingerprint density at radius 2 is 1.88 bits per heavy atom. The van der Waals surface area contributed by atoms with Gasteiger partial charge in [0.25, 0.3) is 5.84 Å². The summed E-state index contributed by atoms with van der Waals surface area (Å²) in [5.74, 6) is -0.935. The van der Waals surface area contributed by atoms with Crippen LogP contribution in [0, 0.1) is 0 Å². The molecular weight excluding hydrogens is 322 g/mol. The number of amidine groups is 1. The molecule has 0 fully saturated rings. The number of nitrogens with two attached hydrogens (primary N) is 1. The maximum atomic E-state index is 12.0. The van der Waals surface area contributed by atoms with E-state index in [0.717, 1.165) is 11.3 Å². The van der Waals surface area contributed by atoms with E-state index in [9.17, 15) is 14.7 Å². The zero-order valence-electron chi connectivity index (χ0n) is 13.9. The number of quaternary nitrogens is 1. The van der Waals surface area contributed by atoms with Crippen molar-refractivity contribution in [1.29, 1.82) is 0 Å². The first-order valence-electron chi connectivity index (χ1n) is 7.61. The number of carbonyl (C=O) groups excluding carboxylic acids is 1. The van der Waals surface area contributed by atoms with Gasteiger partial charge in [0.1, 0.15) is 18.0 Å². The molecule has 0 radical (unpaired) electrons. The van der Waals surface area contributed by atoms with Crippen molar-refractivity contribution in [3.05, 3.63) is 53.6 Å². The summed E-state index contributed by atoms with van der Waals surface area (Å²) in [5.41, 5.74) is 7.42. The number of likely N-dealkylation sites (N-methyl/N-ethyl adjacent to an activating group) is 1. The van der Waals surface area contributed by atoms with Crippen LogP contribution in [0.5, 0.6) is 5.75 Å². The molecule has 0 bridgehead atoms. The molecule has 7 heteroatoms. The molecule has 2 aromatic carbocycles. The highest BCUT2D eigenvalue weighted by Crippen LogP contribution is 2.43. The van der Waals surface area contributed by atoms with Gasteiger partial charge in [-0.25, -0.2) is 9.28 Å². The quantitative estimate of drug-likeness (QED) is 0.813. The highest BCUT2D eigenvalue weighted by molar-refractivity contribution is 6.42. The number of nitrogens with zero attached hydrogens (tertiary/aromatic N) is 2. The molecule has 7 nitrogen and oxygen atoms in total. The summed E-state index contributed by atoms with van der Waals surface area (Å²) in [6, 6.07) is 12.3. The maximum absolute atomic E-state index is 12.0. The van der Waals surface area contributed by atoms with Crippen LogP contribution in [0.4, 0.5) is 11.4 Å². The van der Waals surface area contributed by atoms with Crippen LogP contribution in [0.3, 0.4) is 0 Å². The lowest BCUT2D eigenvalue weighted by Crippen LogP contribution is -2.53. The number of fused-ring (bicyclic) bond motifs is 1. The van der Waals surface area contributed by atoms with Crippen molar-refractivity contribution in [2.45, 2.75) is 6.54 Å². The Morgan fingerprint density at radius 1 is 1.20 bits per heavy atom. The van der Waals surface area contributed by atoms with Gasteiger partial charge in [0.05, 0.1) is 19.7 Å². The third kappa shape index (κ3) is 2.74. The number of aliphatic imine (C=N–C) groups is 1. The van der Waals surface area contributed by atoms with Gasteiger partial charge in [-0.3, -0.25) is 4.79 Å². The van der Waals surface area contributed by atoms with Crippen molar-refractivity contribution < 1.29 is 19.4 Å². The van der Waals surface area contributed by atoms with Gasteiger partial charge >= 0.3 is 11.9 Å². The van der Waals surface area contributed by atoms with E-state index in [0.29, 0.717) is 12.2 Å². The van der Waals surface area contributed by atoms with Crippen molar-refractivity contribution in [2.24, 2.45) is 10.7 Å². The van der Waals surface area contributed by atoms with Crippen LogP contribution >= 0.6 is 0 Å². The Hall–Kier alpha value is -3.19. The van der Waals surface area contributed by atoms with Gasteiger partial charge in [0, 0.05) is 11.6 Å². The number of hydrogen-bond donors (Lipinski definition) is 2. The average Bonchev–Trinajstić information content (AvgIpc) is 2.88. The fourth-order valence-corrected chi connectivity index (χ4v) is 3.10. The molecule has 0 saturated heterocycles. The standard InChI is InChI=1S/C18H17N3O4/c1-21(10-11-6-8-12(25-2)9-7-11)14-5-3-4-13(18(23)24)15(14)20-17(21)16(19)22/h3-9H,10H2,1-2H3,(H2-,19,22,23,24)/p+1. The van der Waals surface area contributed by atoms with E-state index in [1.165, 1.54) is 6.07 Å². The number of rotatable bonds is 5. The fraction of sp³-hybridized carbons (Fsp3) is 0.167.